The van der Waals surface area contributed by atoms with Crippen molar-refractivity contribution in [1.29, 1.82) is 0 Å². The summed E-state index contributed by atoms with van der Waals surface area (Å²) in [4.78, 5) is 37.0. The van der Waals surface area contributed by atoms with E-state index in [1.807, 2.05) is 12.1 Å². The van der Waals surface area contributed by atoms with Gasteiger partial charge in [-0.25, -0.2) is 4.79 Å². The SMILES string of the molecule is CC(=O)c1cccc(OCC(=O)N2CCC(Cc3ccccc3C(=O)O)CC2)c1. The van der Waals surface area contributed by atoms with Gasteiger partial charge in [0.15, 0.2) is 12.4 Å². The molecule has 1 saturated heterocycles. The molecule has 0 unspecified atom stereocenters. The Kier molecular flexibility index (Phi) is 6.65. The summed E-state index contributed by atoms with van der Waals surface area (Å²) in [6.45, 7) is 2.70. The van der Waals surface area contributed by atoms with E-state index in [2.05, 4.69) is 0 Å². The number of carbonyl (C=O) groups excluding carboxylic acids is 2. The van der Waals surface area contributed by atoms with Crippen LogP contribution >= 0.6 is 0 Å². The molecular weight excluding hydrogens is 370 g/mol. The molecule has 0 aromatic heterocycles. The van der Waals surface area contributed by atoms with Crippen LogP contribution in [0.1, 0.15) is 46.0 Å². The molecule has 1 aliphatic rings. The molecule has 1 fully saturated rings. The monoisotopic (exact) mass is 395 g/mol. The van der Waals surface area contributed by atoms with Crippen LogP contribution in [0.15, 0.2) is 48.5 Å². The van der Waals surface area contributed by atoms with E-state index in [0.29, 0.717) is 42.3 Å². The Morgan fingerprint density at radius 2 is 1.79 bits per heavy atom. The highest BCUT2D eigenvalue weighted by Crippen LogP contribution is 2.24. The molecule has 1 heterocycles. The lowest BCUT2D eigenvalue weighted by Gasteiger charge is -2.32. The molecule has 0 spiro atoms. The fourth-order valence-electron chi connectivity index (χ4n) is 3.65. The van der Waals surface area contributed by atoms with Gasteiger partial charge in [-0.05, 0) is 55.9 Å². The number of carboxylic acids is 1. The highest BCUT2D eigenvalue weighted by molar-refractivity contribution is 5.94. The molecule has 0 atom stereocenters. The second-order valence-electron chi connectivity index (χ2n) is 7.36. The van der Waals surface area contributed by atoms with E-state index in [-0.39, 0.29) is 18.3 Å². The molecule has 0 bridgehead atoms. The van der Waals surface area contributed by atoms with Gasteiger partial charge >= 0.3 is 5.97 Å². The van der Waals surface area contributed by atoms with Gasteiger partial charge in [0.2, 0.25) is 0 Å². The highest BCUT2D eigenvalue weighted by atomic mass is 16.5. The summed E-state index contributed by atoms with van der Waals surface area (Å²) in [7, 11) is 0. The van der Waals surface area contributed by atoms with Crippen molar-refractivity contribution < 1.29 is 24.2 Å². The van der Waals surface area contributed by atoms with Crippen LogP contribution in [0, 0.1) is 5.92 Å². The number of hydrogen-bond acceptors (Lipinski definition) is 4. The summed E-state index contributed by atoms with van der Waals surface area (Å²) >= 11 is 0. The van der Waals surface area contributed by atoms with Crippen LogP contribution in [0.3, 0.4) is 0 Å². The number of ether oxygens (including phenoxy) is 1. The number of nitrogens with zero attached hydrogens (tertiary/aromatic N) is 1. The molecule has 1 N–H and O–H groups in total. The van der Waals surface area contributed by atoms with Crippen LogP contribution < -0.4 is 4.74 Å². The van der Waals surface area contributed by atoms with Gasteiger partial charge in [0, 0.05) is 18.7 Å². The predicted octanol–water partition coefficient (Wildman–Crippen LogP) is 3.45. The fourth-order valence-corrected chi connectivity index (χ4v) is 3.65. The maximum Gasteiger partial charge on any atom is 0.335 e. The summed E-state index contributed by atoms with van der Waals surface area (Å²) in [5.41, 5.74) is 1.75. The third-order valence-corrected chi connectivity index (χ3v) is 5.33. The summed E-state index contributed by atoms with van der Waals surface area (Å²) in [6.07, 6.45) is 2.37. The number of hydrogen-bond donors (Lipinski definition) is 1. The number of carbonyl (C=O) groups is 3. The predicted molar refractivity (Wildman–Crippen MR) is 108 cm³/mol. The lowest BCUT2D eigenvalue weighted by molar-refractivity contribution is -0.134. The minimum absolute atomic E-state index is 0.0479. The first-order valence-corrected chi connectivity index (χ1v) is 9.77. The lowest BCUT2D eigenvalue weighted by atomic mass is 9.88. The number of piperidine rings is 1. The number of rotatable bonds is 7. The molecule has 6 heteroatoms. The molecule has 152 valence electrons. The molecule has 29 heavy (non-hydrogen) atoms. The van der Waals surface area contributed by atoms with Crippen molar-refractivity contribution in [2.75, 3.05) is 19.7 Å². The molecule has 3 rings (SSSR count). The average Bonchev–Trinajstić information content (AvgIpc) is 2.73. The Balaban J connectivity index is 1.49. The van der Waals surface area contributed by atoms with Crippen LogP contribution in [0.4, 0.5) is 0 Å². The third-order valence-electron chi connectivity index (χ3n) is 5.33. The quantitative estimate of drug-likeness (QED) is 0.726. The molecule has 2 aromatic carbocycles. The van der Waals surface area contributed by atoms with Crippen LogP contribution in [-0.2, 0) is 11.2 Å². The number of ketones is 1. The molecule has 0 aliphatic carbocycles. The summed E-state index contributed by atoms with van der Waals surface area (Å²) < 4.78 is 5.57. The highest BCUT2D eigenvalue weighted by Gasteiger charge is 2.24. The van der Waals surface area contributed by atoms with Gasteiger partial charge in [-0.3, -0.25) is 9.59 Å². The standard InChI is InChI=1S/C23H25NO5/c1-16(25)18-6-4-7-20(14-18)29-15-22(26)24-11-9-17(10-12-24)13-19-5-2-3-8-21(19)23(27)28/h2-8,14,17H,9-13,15H2,1H3,(H,27,28). The zero-order chi connectivity index (χ0) is 20.8. The smallest absolute Gasteiger partial charge is 0.335 e. The topological polar surface area (TPSA) is 83.9 Å². The van der Waals surface area contributed by atoms with Gasteiger partial charge in [0.25, 0.3) is 5.91 Å². The van der Waals surface area contributed by atoms with E-state index in [1.165, 1.54) is 6.92 Å². The molecule has 1 aliphatic heterocycles. The Morgan fingerprint density at radius 1 is 1.07 bits per heavy atom. The van der Waals surface area contributed by atoms with E-state index in [0.717, 1.165) is 18.4 Å². The van der Waals surface area contributed by atoms with Crippen molar-refractivity contribution in [3.05, 3.63) is 65.2 Å². The normalized spacial score (nSPS) is 14.4. The number of amides is 1. The number of likely N-dealkylation sites (tertiary alicyclic amines) is 1. The van der Waals surface area contributed by atoms with E-state index in [1.54, 1.807) is 41.3 Å². The van der Waals surface area contributed by atoms with E-state index in [9.17, 15) is 19.5 Å². The second-order valence-corrected chi connectivity index (χ2v) is 7.36. The van der Waals surface area contributed by atoms with E-state index >= 15 is 0 Å². The maximum absolute atomic E-state index is 12.5. The number of carboxylic acid groups (broad SMARTS) is 1. The van der Waals surface area contributed by atoms with Crippen molar-refractivity contribution in [2.45, 2.75) is 26.2 Å². The van der Waals surface area contributed by atoms with Gasteiger partial charge in [-0.15, -0.1) is 0 Å². The minimum Gasteiger partial charge on any atom is -0.484 e. The molecule has 2 aromatic rings. The second kappa shape index (κ2) is 9.37. The molecule has 1 amide bonds. The van der Waals surface area contributed by atoms with Gasteiger partial charge in [-0.1, -0.05) is 30.3 Å². The van der Waals surface area contributed by atoms with E-state index < -0.39 is 5.97 Å². The van der Waals surface area contributed by atoms with Crippen LogP contribution in [0.2, 0.25) is 0 Å². The first kappa shape index (κ1) is 20.6. The van der Waals surface area contributed by atoms with Crippen molar-refractivity contribution in [3.8, 4) is 5.75 Å². The van der Waals surface area contributed by atoms with Crippen LogP contribution in [0.25, 0.3) is 0 Å². The largest absolute Gasteiger partial charge is 0.484 e. The van der Waals surface area contributed by atoms with Crippen LogP contribution in [0.5, 0.6) is 5.75 Å². The minimum atomic E-state index is -0.904. The van der Waals surface area contributed by atoms with Crippen molar-refractivity contribution in [2.24, 2.45) is 5.92 Å². The molecular formula is C23H25NO5. The summed E-state index contributed by atoms with van der Waals surface area (Å²) in [5, 5.41) is 9.33. The Morgan fingerprint density at radius 3 is 2.48 bits per heavy atom. The van der Waals surface area contributed by atoms with Gasteiger partial charge in [0.05, 0.1) is 5.56 Å². The zero-order valence-electron chi connectivity index (χ0n) is 16.5. The first-order valence-electron chi connectivity index (χ1n) is 9.77. The van der Waals surface area contributed by atoms with Gasteiger partial charge in [-0.2, -0.15) is 0 Å². The molecule has 0 saturated carbocycles. The van der Waals surface area contributed by atoms with Gasteiger partial charge in [0.1, 0.15) is 5.75 Å². The number of benzene rings is 2. The zero-order valence-corrected chi connectivity index (χ0v) is 16.5. The molecule has 0 radical (unpaired) electrons. The fraction of sp³-hybridized carbons (Fsp3) is 0.348. The Hall–Kier alpha value is -3.15. The number of Topliss-reactive ketones (excluding diaryl/α,β-unsaturated/α-hetero) is 1. The first-order chi connectivity index (χ1) is 13.9. The Bertz CT molecular complexity index is 900. The average molecular weight is 395 g/mol. The molecule has 6 nitrogen and oxygen atoms in total. The number of aromatic carboxylic acids is 1. The van der Waals surface area contributed by atoms with Gasteiger partial charge < -0.3 is 14.7 Å². The third kappa shape index (κ3) is 5.44. The van der Waals surface area contributed by atoms with Crippen molar-refractivity contribution >= 4 is 17.7 Å². The van der Waals surface area contributed by atoms with Crippen molar-refractivity contribution in [3.63, 3.8) is 0 Å². The van der Waals surface area contributed by atoms with E-state index in [4.69, 9.17) is 4.74 Å². The van der Waals surface area contributed by atoms with Crippen molar-refractivity contribution in [1.82, 2.24) is 4.90 Å². The summed E-state index contributed by atoms with van der Waals surface area (Å²) in [6, 6.07) is 13.9. The lowest BCUT2D eigenvalue weighted by Crippen LogP contribution is -2.41. The Labute approximate surface area is 170 Å². The van der Waals surface area contributed by atoms with Crippen LogP contribution in [-0.4, -0.2) is 47.4 Å². The maximum atomic E-state index is 12.5. The summed E-state index contributed by atoms with van der Waals surface area (Å²) in [5.74, 6) is -0.172.